The molecule has 0 spiro atoms. The van der Waals surface area contributed by atoms with Crippen LogP contribution < -0.4 is 19.1 Å². The van der Waals surface area contributed by atoms with Crippen LogP contribution in [0, 0.1) is 6.92 Å². The van der Waals surface area contributed by atoms with Gasteiger partial charge in [0.2, 0.25) is 5.91 Å². The molecule has 0 aliphatic carbocycles. The molecular formula is C28H34N2O5S2. The number of nitrogens with zero attached hydrogens (tertiary/aromatic N) is 1. The molecule has 0 radical (unpaired) electrons. The number of thioether (sulfide) groups is 1. The van der Waals surface area contributed by atoms with Crippen LogP contribution in [0.4, 0.5) is 5.69 Å². The van der Waals surface area contributed by atoms with Gasteiger partial charge in [-0.3, -0.25) is 9.10 Å². The molecule has 0 aliphatic rings. The van der Waals surface area contributed by atoms with E-state index in [0.29, 0.717) is 24.5 Å². The van der Waals surface area contributed by atoms with E-state index in [1.54, 1.807) is 55.6 Å². The lowest BCUT2D eigenvalue weighted by atomic mass is 10.0. The molecule has 3 rings (SSSR count). The topological polar surface area (TPSA) is 84.9 Å². The van der Waals surface area contributed by atoms with Crippen molar-refractivity contribution in [2.24, 2.45) is 0 Å². The van der Waals surface area contributed by atoms with Crippen LogP contribution in [0.1, 0.15) is 37.4 Å². The third-order valence-corrected chi connectivity index (χ3v) is 8.47. The number of carbonyl (C=O) groups excluding carboxylic acids is 1. The largest absolute Gasteiger partial charge is 0.496 e. The van der Waals surface area contributed by atoms with Crippen molar-refractivity contribution in [3.63, 3.8) is 0 Å². The van der Waals surface area contributed by atoms with Crippen LogP contribution in [-0.4, -0.2) is 40.8 Å². The number of hydrogen-bond acceptors (Lipinski definition) is 6. The monoisotopic (exact) mass is 542 g/mol. The van der Waals surface area contributed by atoms with Gasteiger partial charge in [0.15, 0.2) is 0 Å². The Morgan fingerprint density at radius 1 is 1.03 bits per heavy atom. The van der Waals surface area contributed by atoms with Gasteiger partial charge in [0.1, 0.15) is 18.0 Å². The molecule has 0 bridgehead atoms. The van der Waals surface area contributed by atoms with E-state index in [4.69, 9.17) is 9.47 Å². The molecule has 3 aromatic carbocycles. The van der Waals surface area contributed by atoms with Crippen molar-refractivity contribution in [3.05, 3.63) is 77.9 Å². The van der Waals surface area contributed by atoms with Crippen LogP contribution in [-0.2, 0) is 14.8 Å². The van der Waals surface area contributed by atoms with Crippen molar-refractivity contribution in [3.8, 4) is 11.5 Å². The van der Waals surface area contributed by atoms with E-state index in [-0.39, 0.29) is 17.5 Å². The highest BCUT2D eigenvalue weighted by Gasteiger charge is 2.28. The molecule has 7 nitrogen and oxygen atoms in total. The molecule has 9 heteroatoms. The summed E-state index contributed by atoms with van der Waals surface area (Å²) in [5.41, 5.74) is 2.26. The third-order valence-electron chi connectivity index (χ3n) is 5.94. The zero-order valence-corrected chi connectivity index (χ0v) is 23.5. The van der Waals surface area contributed by atoms with E-state index in [1.165, 1.54) is 11.8 Å². The third kappa shape index (κ3) is 6.99. The van der Waals surface area contributed by atoms with Gasteiger partial charge < -0.3 is 14.8 Å². The molecular weight excluding hydrogens is 508 g/mol. The van der Waals surface area contributed by atoms with Gasteiger partial charge in [-0.25, -0.2) is 8.42 Å². The van der Waals surface area contributed by atoms with Gasteiger partial charge in [0.25, 0.3) is 10.0 Å². The number of methoxy groups -OCH3 is 1. The molecule has 37 heavy (non-hydrogen) atoms. The van der Waals surface area contributed by atoms with Gasteiger partial charge in [-0.05, 0) is 92.2 Å². The second-order valence-electron chi connectivity index (χ2n) is 8.37. The lowest BCUT2D eigenvalue weighted by Crippen LogP contribution is -2.42. The zero-order chi connectivity index (χ0) is 27.0. The molecule has 1 amide bonds. The van der Waals surface area contributed by atoms with Gasteiger partial charge in [0, 0.05) is 4.90 Å². The van der Waals surface area contributed by atoms with Crippen molar-refractivity contribution >= 4 is 33.4 Å². The van der Waals surface area contributed by atoms with E-state index in [2.05, 4.69) is 5.32 Å². The average Bonchev–Trinajstić information content (AvgIpc) is 2.91. The fourth-order valence-corrected chi connectivity index (χ4v) is 5.80. The molecule has 0 saturated heterocycles. The number of rotatable bonds is 12. The Morgan fingerprint density at radius 3 is 2.24 bits per heavy atom. The van der Waals surface area contributed by atoms with Crippen molar-refractivity contribution < 1.29 is 22.7 Å². The number of amides is 1. The maximum absolute atomic E-state index is 13.7. The fourth-order valence-electron chi connectivity index (χ4n) is 3.98. The van der Waals surface area contributed by atoms with E-state index >= 15 is 0 Å². The van der Waals surface area contributed by atoms with E-state index < -0.39 is 15.9 Å². The molecule has 0 unspecified atom stereocenters. The summed E-state index contributed by atoms with van der Waals surface area (Å²) >= 11 is 1.53. The van der Waals surface area contributed by atoms with E-state index in [1.807, 2.05) is 45.2 Å². The van der Waals surface area contributed by atoms with Crippen LogP contribution in [0.15, 0.2) is 76.5 Å². The van der Waals surface area contributed by atoms with Crippen LogP contribution in [0.3, 0.4) is 0 Å². The number of sulfonamides is 1. The molecule has 0 saturated carbocycles. The normalized spacial score (nSPS) is 12.0. The summed E-state index contributed by atoms with van der Waals surface area (Å²) in [6.07, 6.45) is 2.57. The summed E-state index contributed by atoms with van der Waals surface area (Å²) in [7, 11) is -2.40. The first-order chi connectivity index (χ1) is 17.7. The van der Waals surface area contributed by atoms with Crippen molar-refractivity contribution in [2.45, 2.75) is 43.0 Å². The standard InChI is InChI=1S/C28H34N2O5S2/c1-6-26(21-8-17-27(34-4)20(3)18-21)29-28(31)19-30(22-9-11-23(12-10-22)35-7-2)37(32,33)25-15-13-24(36-5)14-16-25/h8-18,26H,6-7,19H2,1-5H3,(H,29,31)/t26-/m1/s1. The minimum absolute atomic E-state index is 0.116. The molecule has 1 atom stereocenters. The number of benzene rings is 3. The minimum Gasteiger partial charge on any atom is -0.496 e. The van der Waals surface area contributed by atoms with Crippen molar-refractivity contribution in [2.75, 3.05) is 30.8 Å². The number of ether oxygens (including phenoxy) is 2. The highest BCUT2D eigenvalue weighted by Crippen LogP contribution is 2.28. The highest BCUT2D eigenvalue weighted by molar-refractivity contribution is 7.98. The Labute approximate surface area is 224 Å². The van der Waals surface area contributed by atoms with E-state index in [0.717, 1.165) is 26.1 Å². The Kier molecular flexibility index (Phi) is 9.88. The summed E-state index contributed by atoms with van der Waals surface area (Å²) in [6, 6.07) is 18.8. The van der Waals surface area contributed by atoms with Gasteiger partial charge in [-0.1, -0.05) is 19.1 Å². The number of anilines is 1. The van der Waals surface area contributed by atoms with Crippen LogP contribution >= 0.6 is 11.8 Å². The summed E-state index contributed by atoms with van der Waals surface area (Å²) in [4.78, 5) is 14.3. The van der Waals surface area contributed by atoms with Crippen molar-refractivity contribution in [1.29, 1.82) is 0 Å². The quantitative estimate of drug-likeness (QED) is 0.301. The van der Waals surface area contributed by atoms with Crippen LogP contribution in [0.2, 0.25) is 0 Å². The molecule has 198 valence electrons. The maximum Gasteiger partial charge on any atom is 0.264 e. The summed E-state index contributed by atoms with van der Waals surface area (Å²) in [6.45, 7) is 5.92. The predicted octanol–water partition coefficient (Wildman–Crippen LogP) is 5.59. The first kappa shape index (κ1) is 28.4. The van der Waals surface area contributed by atoms with Crippen molar-refractivity contribution in [1.82, 2.24) is 5.32 Å². The second-order valence-corrected chi connectivity index (χ2v) is 11.1. The number of nitrogens with one attached hydrogen (secondary N) is 1. The molecule has 1 N–H and O–H groups in total. The number of aryl methyl sites for hydroxylation is 1. The molecule has 3 aromatic rings. The Morgan fingerprint density at radius 2 is 1.70 bits per heavy atom. The smallest absolute Gasteiger partial charge is 0.264 e. The average molecular weight is 543 g/mol. The number of hydrogen-bond donors (Lipinski definition) is 1. The van der Waals surface area contributed by atoms with Crippen LogP contribution in [0.5, 0.6) is 11.5 Å². The summed E-state index contributed by atoms with van der Waals surface area (Å²) in [5.74, 6) is 0.988. The lowest BCUT2D eigenvalue weighted by Gasteiger charge is -2.26. The Bertz CT molecular complexity index is 1290. The summed E-state index contributed by atoms with van der Waals surface area (Å²) in [5, 5.41) is 3.01. The molecule has 0 fully saturated rings. The molecule has 0 aromatic heterocycles. The lowest BCUT2D eigenvalue weighted by molar-refractivity contribution is -0.120. The molecule has 0 aliphatic heterocycles. The first-order valence-corrected chi connectivity index (χ1v) is 14.7. The predicted molar refractivity (Wildman–Crippen MR) is 149 cm³/mol. The first-order valence-electron chi connectivity index (χ1n) is 12.1. The fraction of sp³-hybridized carbons (Fsp3) is 0.321. The summed E-state index contributed by atoms with van der Waals surface area (Å²) < 4.78 is 39.4. The SMILES string of the molecule is CCOc1ccc(N(CC(=O)N[C@H](CC)c2ccc(OC)c(C)c2)S(=O)(=O)c2ccc(SC)cc2)cc1. The second kappa shape index (κ2) is 12.9. The minimum atomic E-state index is -4.02. The Balaban J connectivity index is 1.91. The van der Waals surface area contributed by atoms with Gasteiger partial charge in [0.05, 0.1) is 30.3 Å². The van der Waals surface area contributed by atoms with Gasteiger partial charge in [-0.2, -0.15) is 0 Å². The van der Waals surface area contributed by atoms with Gasteiger partial charge >= 0.3 is 0 Å². The highest BCUT2D eigenvalue weighted by atomic mass is 32.2. The zero-order valence-electron chi connectivity index (χ0n) is 21.9. The van der Waals surface area contributed by atoms with Gasteiger partial charge in [-0.15, -0.1) is 11.8 Å². The Hall–Kier alpha value is -3.17. The number of carbonyl (C=O) groups is 1. The van der Waals surface area contributed by atoms with E-state index in [9.17, 15) is 13.2 Å². The maximum atomic E-state index is 13.7. The molecule has 0 heterocycles. The van der Waals surface area contributed by atoms with Crippen LogP contribution in [0.25, 0.3) is 0 Å².